The second kappa shape index (κ2) is 5.33. The van der Waals surface area contributed by atoms with Crippen molar-refractivity contribution in [2.75, 3.05) is 13.2 Å². The highest BCUT2D eigenvalue weighted by atomic mass is 16.5. The zero-order valence-electron chi connectivity index (χ0n) is 8.02. The van der Waals surface area contributed by atoms with Gasteiger partial charge in [0.1, 0.15) is 0 Å². The van der Waals surface area contributed by atoms with Gasteiger partial charge in [-0.2, -0.15) is 4.98 Å². The number of carbonyl (C=O) groups is 1. The molecule has 14 heavy (non-hydrogen) atoms. The van der Waals surface area contributed by atoms with E-state index in [0.29, 0.717) is 25.5 Å². The maximum absolute atomic E-state index is 11.1. The van der Waals surface area contributed by atoms with E-state index >= 15 is 0 Å². The Hall–Kier alpha value is -1.43. The first-order chi connectivity index (χ1) is 6.77. The molecular weight excluding hydrogens is 186 g/mol. The van der Waals surface area contributed by atoms with Crippen LogP contribution in [0.25, 0.3) is 0 Å². The monoisotopic (exact) mass is 199 g/mol. The standard InChI is InChI=1S/C8H13N3O3/c1-2-13-8(12)7-10-6(14-11-7)4-3-5-9/h2-5,9H2,1H3. The van der Waals surface area contributed by atoms with E-state index < -0.39 is 5.97 Å². The Morgan fingerprint density at radius 2 is 2.43 bits per heavy atom. The Morgan fingerprint density at radius 3 is 3.07 bits per heavy atom. The number of hydrogen-bond acceptors (Lipinski definition) is 6. The predicted octanol–water partition coefficient (Wildman–Crippen LogP) is 0.138. The molecule has 1 rings (SSSR count). The van der Waals surface area contributed by atoms with Crippen molar-refractivity contribution >= 4 is 5.97 Å². The Kier molecular flexibility index (Phi) is 4.06. The van der Waals surface area contributed by atoms with Crippen LogP contribution in [0.5, 0.6) is 0 Å². The van der Waals surface area contributed by atoms with Gasteiger partial charge in [0.05, 0.1) is 6.61 Å². The van der Waals surface area contributed by atoms with Gasteiger partial charge in [0, 0.05) is 6.42 Å². The number of aromatic nitrogens is 2. The van der Waals surface area contributed by atoms with E-state index in [4.69, 9.17) is 15.0 Å². The van der Waals surface area contributed by atoms with Crippen molar-refractivity contribution < 1.29 is 14.1 Å². The zero-order chi connectivity index (χ0) is 10.4. The van der Waals surface area contributed by atoms with Gasteiger partial charge in [-0.15, -0.1) is 0 Å². The minimum Gasteiger partial charge on any atom is -0.460 e. The van der Waals surface area contributed by atoms with Crippen LogP contribution in [0.4, 0.5) is 0 Å². The molecule has 0 radical (unpaired) electrons. The largest absolute Gasteiger partial charge is 0.460 e. The highest BCUT2D eigenvalue weighted by Gasteiger charge is 2.14. The van der Waals surface area contributed by atoms with Gasteiger partial charge in [0.2, 0.25) is 5.89 Å². The summed E-state index contributed by atoms with van der Waals surface area (Å²) in [6.45, 7) is 2.57. The molecular formula is C8H13N3O3. The van der Waals surface area contributed by atoms with Gasteiger partial charge in [-0.1, -0.05) is 0 Å². The molecule has 6 nitrogen and oxygen atoms in total. The molecule has 78 valence electrons. The summed E-state index contributed by atoms with van der Waals surface area (Å²) in [7, 11) is 0. The van der Waals surface area contributed by atoms with Crippen LogP contribution in [0.15, 0.2) is 4.52 Å². The molecule has 0 atom stereocenters. The van der Waals surface area contributed by atoms with Gasteiger partial charge in [0.25, 0.3) is 5.82 Å². The molecule has 0 aliphatic carbocycles. The molecule has 0 aliphatic rings. The summed E-state index contributed by atoms with van der Waals surface area (Å²) in [5.74, 6) is -0.173. The molecule has 1 aromatic rings. The van der Waals surface area contributed by atoms with Crippen LogP contribution in [0, 0.1) is 0 Å². The van der Waals surface area contributed by atoms with Gasteiger partial charge >= 0.3 is 5.97 Å². The van der Waals surface area contributed by atoms with Gasteiger partial charge < -0.3 is 15.0 Å². The molecule has 0 saturated heterocycles. The Bertz CT molecular complexity index is 298. The lowest BCUT2D eigenvalue weighted by atomic mass is 10.3. The van der Waals surface area contributed by atoms with Crippen LogP contribution < -0.4 is 5.73 Å². The maximum Gasteiger partial charge on any atom is 0.379 e. The van der Waals surface area contributed by atoms with Crippen LogP contribution in [0.1, 0.15) is 29.9 Å². The third kappa shape index (κ3) is 2.81. The molecule has 0 fully saturated rings. The lowest BCUT2D eigenvalue weighted by Crippen LogP contribution is -2.07. The first kappa shape index (κ1) is 10.6. The summed E-state index contributed by atoms with van der Waals surface area (Å²) in [5, 5.41) is 3.49. The van der Waals surface area contributed by atoms with Crippen LogP contribution in [-0.4, -0.2) is 29.3 Å². The number of carbonyl (C=O) groups excluding carboxylic acids is 1. The highest BCUT2D eigenvalue weighted by molar-refractivity contribution is 5.84. The Balaban J connectivity index is 2.54. The minimum atomic E-state index is -0.560. The highest BCUT2D eigenvalue weighted by Crippen LogP contribution is 2.01. The van der Waals surface area contributed by atoms with Gasteiger partial charge in [-0.3, -0.25) is 0 Å². The number of nitrogens with two attached hydrogens (primary N) is 1. The van der Waals surface area contributed by atoms with Crippen molar-refractivity contribution in [1.29, 1.82) is 0 Å². The minimum absolute atomic E-state index is 0.0288. The fourth-order valence-corrected chi connectivity index (χ4v) is 0.888. The van der Waals surface area contributed by atoms with Crippen LogP contribution in [-0.2, 0) is 11.2 Å². The Labute approximate surface area is 81.4 Å². The average molecular weight is 199 g/mol. The third-order valence-electron chi connectivity index (χ3n) is 1.52. The lowest BCUT2D eigenvalue weighted by Gasteiger charge is -1.93. The molecule has 0 aromatic carbocycles. The molecule has 1 heterocycles. The van der Waals surface area contributed by atoms with Crippen LogP contribution in [0.2, 0.25) is 0 Å². The van der Waals surface area contributed by atoms with Crippen LogP contribution in [0.3, 0.4) is 0 Å². The SMILES string of the molecule is CCOC(=O)c1noc(CCCN)n1. The number of rotatable bonds is 5. The summed E-state index contributed by atoms with van der Waals surface area (Å²) in [4.78, 5) is 15.0. The Morgan fingerprint density at radius 1 is 1.64 bits per heavy atom. The second-order valence-electron chi connectivity index (χ2n) is 2.62. The summed E-state index contributed by atoms with van der Waals surface area (Å²) in [6, 6.07) is 0. The average Bonchev–Trinajstić information content (AvgIpc) is 2.63. The fourth-order valence-electron chi connectivity index (χ4n) is 0.888. The zero-order valence-corrected chi connectivity index (χ0v) is 8.02. The second-order valence-corrected chi connectivity index (χ2v) is 2.62. The predicted molar refractivity (Wildman–Crippen MR) is 47.6 cm³/mol. The molecule has 0 saturated carbocycles. The molecule has 0 bridgehead atoms. The van der Waals surface area contributed by atoms with E-state index in [-0.39, 0.29) is 5.82 Å². The first-order valence-corrected chi connectivity index (χ1v) is 4.47. The maximum atomic E-state index is 11.1. The van der Waals surface area contributed by atoms with Crippen molar-refractivity contribution in [2.45, 2.75) is 19.8 Å². The van der Waals surface area contributed by atoms with E-state index in [9.17, 15) is 4.79 Å². The van der Waals surface area contributed by atoms with E-state index in [0.717, 1.165) is 6.42 Å². The molecule has 0 aliphatic heterocycles. The van der Waals surface area contributed by atoms with Crippen molar-refractivity contribution in [3.8, 4) is 0 Å². The summed E-state index contributed by atoms with van der Waals surface area (Å²) in [6.07, 6.45) is 1.34. The topological polar surface area (TPSA) is 91.2 Å². The van der Waals surface area contributed by atoms with E-state index in [1.807, 2.05) is 0 Å². The molecule has 0 amide bonds. The number of aryl methyl sites for hydroxylation is 1. The van der Waals surface area contributed by atoms with Crippen molar-refractivity contribution in [3.05, 3.63) is 11.7 Å². The normalized spacial score (nSPS) is 10.1. The smallest absolute Gasteiger partial charge is 0.379 e. The first-order valence-electron chi connectivity index (χ1n) is 4.47. The van der Waals surface area contributed by atoms with Gasteiger partial charge in [-0.25, -0.2) is 4.79 Å². The van der Waals surface area contributed by atoms with Crippen LogP contribution >= 0.6 is 0 Å². The number of hydrogen-bond donors (Lipinski definition) is 1. The van der Waals surface area contributed by atoms with Gasteiger partial charge in [0.15, 0.2) is 0 Å². The molecule has 1 aromatic heterocycles. The third-order valence-corrected chi connectivity index (χ3v) is 1.52. The molecule has 6 heteroatoms. The van der Waals surface area contributed by atoms with Crippen molar-refractivity contribution in [2.24, 2.45) is 5.73 Å². The lowest BCUT2D eigenvalue weighted by molar-refractivity contribution is 0.0508. The summed E-state index contributed by atoms with van der Waals surface area (Å²) in [5.41, 5.74) is 5.31. The quantitative estimate of drug-likeness (QED) is 0.678. The van der Waals surface area contributed by atoms with Crippen molar-refractivity contribution in [3.63, 3.8) is 0 Å². The van der Waals surface area contributed by atoms with Gasteiger partial charge in [-0.05, 0) is 25.0 Å². The summed E-state index contributed by atoms with van der Waals surface area (Å²) < 4.78 is 9.51. The number of ether oxygens (including phenoxy) is 1. The number of nitrogens with zero attached hydrogens (tertiary/aromatic N) is 2. The van der Waals surface area contributed by atoms with Crippen molar-refractivity contribution in [1.82, 2.24) is 10.1 Å². The molecule has 0 unspecified atom stereocenters. The summed E-state index contributed by atoms with van der Waals surface area (Å²) >= 11 is 0. The molecule has 2 N–H and O–H groups in total. The number of esters is 1. The fraction of sp³-hybridized carbons (Fsp3) is 0.625. The van der Waals surface area contributed by atoms with E-state index in [1.165, 1.54) is 0 Å². The van der Waals surface area contributed by atoms with E-state index in [1.54, 1.807) is 6.92 Å². The van der Waals surface area contributed by atoms with E-state index in [2.05, 4.69) is 10.1 Å². The molecule has 0 spiro atoms.